The van der Waals surface area contributed by atoms with Gasteiger partial charge in [0.1, 0.15) is 29.2 Å². The quantitative estimate of drug-likeness (QED) is 0.174. The first-order valence-electron chi connectivity index (χ1n) is 12.8. The Labute approximate surface area is 207 Å². The van der Waals surface area contributed by atoms with Gasteiger partial charge in [0, 0.05) is 12.1 Å². The van der Waals surface area contributed by atoms with Crippen LogP contribution in [0, 0.1) is 34.8 Å². The van der Waals surface area contributed by atoms with E-state index in [9.17, 15) is 13.6 Å². The van der Waals surface area contributed by atoms with Gasteiger partial charge in [-0.15, -0.1) is 0 Å². The van der Waals surface area contributed by atoms with Gasteiger partial charge in [-0.1, -0.05) is 64.7 Å². The lowest BCUT2D eigenvalue weighted by atomic mass is 9.80. The summed E-state index contributed by atoms with van der Waals surface area (Å²) in [6.07, 6.45) is 14.1. The van der Waals surface area contributed by atoms with Crippen LogP contribution in [0.25, 0.3) is 0 Å². The van der Waals surface area contributed by atoms with Crippen LogP contribution in [0.1, 0.15) is 93.5 Å². The third-order valence-corrected chi connectivity index (χ3v) is 6.85. The van der Waals surface area contributed by atoms with Crippen molar-refractivity contribution in [3.8, 4) is 17.6 Å². The van der Waals surface area contributed by atoms with Crippen LogP contribution in [0.15, 0.2) is 36.4 Å². The van der Waals surface area contributed by atoms with Crippen LogP contribution in [0.3, 0.4) is 0 Å². The number of nitriles is 1. The van der Waals surface area contributed by atoms with Gasteiger partial charge in [-0.05, 0) is 48.9 Å². The zero-order valence-electron chi connectivity index (χ0n) is 20.5. The molecule has 2 aromatic carbocycles. The molecule has 0 bridgehead atoms. The van der Waals surface area contributed by atoms with E-state index < -0.39 is 17.6 Å². The Hall–Kier alpha value is -2.94. The standard InChI is InChI=1S/C29H35F2NO3/c1-2-3-4-5-6-7-8-21-9-11-22(12-10-21)20-34-24-15-16-26(28(31)17-24)29(33)35-25-14-13-23(19-32)27(30)18-25/h13-18,21-22H,2-12,20H2,1H3/t21-,22-. The number of unbranched alkanes of at least 4 members (excludes halogenated alkanes) is 5. The fraction of sp³-hybridized carbons (Fsp3) is 0.517. The maximum atomic E-state index is 14.5. The Morgan fingerprint density at radius 3 is 2.26 bits per heavy atom. The molecule has 0 radical (unpaired) electrons. The molecule has 6 heteroatoms. The first-order chi connectivity index (χ1) is 17.0. The molecular formula is C29H35F2NO3. The summed E-state index contributed by atoms with van der Waals surface area (Å²) in [4.78, 5) is 12.3. The molecule has 0 amide bonds. The van der Waals surface area contributed by atoms with Crippen LogP contribution in [0.5, 0.6) is 11.5 Å². The number of hydrogen-bond acceptors (Lipinski definition) is 4. The maximum absolute atomic E-state index is 14.5. The lowest BCUT2D eigenvalue weighted by Gasteiger charge is -2.28. The Morgan fingerprint density at radius 1 is 0.914 bits per heavy atom. The molecule has 0 saturated heterocycles. The van der Waals surface area contributed by atoms with Gasteiger partial charge in [-0.25, -0.2) is 13.6 Å². The van der Waals surface area contributed by atoms with Gasteiger partial charge in [-0.3, -0.25) is 0 Å². The van der Waals surface area contributed by atoms with Gasteiger partial charge in [0.05, 0.1) is 17.7 Å². The molecule has 0 spiro atoms. The second-order valence-corrected chi connectivity index (χ2v) is 9.54. The predicted octanol–water partition coefficient (Wildman–Crippen LogP) is 7.99. The van der Waals surface area contributed by atoms with Gasteiger partial charge >= 0.3 is 5.97 Å². The van der Waals surface area contributed by atoms with Crippen molar-refractivity contribution in [2.45, 2.75) is 77.6 Å². The molecule has 1 saturated carbocycles. The number of nitrogens with zero attached hydrogens (tertiary/aromatic N) is 1. The summed E-state index contributed by atoms with van der Waals surface area (Å²) in [6.45, 7) is 2.78. The summed E-state index contributed by atoms with van der Waals surface area (Å²) in [6, 6.07) is 9.14. The van der Waals surface area contributed by atoms with Crippen LogP contribution in [0.2, 0.25) is 0 Å². The van der Waals surface area contributed by atoms with Crippen molar-refractivity contribution in [1.82, 2.24) is 0 Å². The number of hydrogen-bond donors (Lipinski definition) is 0. The maximum Gasteiger partial charge on any atom is 0.346 e. The monoisotopic (exact) mass is 483 g/mol. The molecule has 1 fully saturated rings. The van der Waals surface area contributed by atoms with Crippen LogP contribution >= 0.6 is 0 Å². The van der Waals surface area contributed by atoms with E-state index in [4.69, 9.17) is 14.7 Å². The highest BCUT2D eigenvalue weighted by molar-refractivity contribution is 5.91. The third-order valence-electron chi connectivity index (χ3n) is 6.85. The van der Waals surface area contributed by atoms with Crippen molar-refractivity contribution in [1.29, 1.82) is 5.26 Å². The summed E-state index contributed by atoms with van der Waals surface area (Å²) in [5, 5.41) is 8.77. The van der Waals surface area contributed by atoms with Crippen molar-refractivity contribution < 1.29 is 23.0 Å². The number of benzene rings is 2. The molecule has 1 aliphatic rings. The third kappa shape index (κ3) is 8.35. The van der Waals surface area contributed by atoms with E-state index in [1.165, 1.54) is 82.1 Å². The minimum absolute atomic E-state index is 0.0988. The molecule has 1 aliphatic carbocycles. The van der Waals surface area contributed by atoms with Gasteiger partial charge in [0.25, 0.3) is 0 Å². The van der Waals surface area contributed by atoms with Crippen molar-refractivity contribution in [2.75, 3.05) is 6.61 Å². The van der Waals surface area contributed by atoms with E-state index in [1.807, 2.05) is 0 Å². The van der Waals surface area contributed by atoms with Crippen molar-refractivity contribution >= 4 is 5.97 Å². The average molecular weight is 484 g/mol. The van der Waals surface area contributed by atoms with E-state index in [1.54, 1.807) is 12.1 Å². The number of carbonyl (C=O) groups is 1. The highest BCUT2D eigenvalue weighted by Gasteiger charge is 2.22. The molecule has 188 valence electrons. The summed E-state index contributed by atoms with van der Waals surface area (Å²) in [7, 11) is 0. The molecule has 2 aromatic rings. The smallest absolute Gasteiger partial charge is 0.346 e. The number of halogens is 2. The predicted molar refractivity (Wildman–Crippen MR) is 131 cm³/mol. The SMILES string of the molecule is CCCCCCCC[C@H]1CC[C@H](COc2ccc(C(=O)Oc3ccc(C#N)c(F)c3)c(F)c2)CC1. The zero-order chi connectivity index (χ0) is 25.0. The lowest BCUT2D eigenvalue weighted by molar-refractivity contribution is 0.0729. The van der Waals surface area contributed by atoms with E-state index >= 15 is 0 Å². The van der Waals surface area contributed by atoms with E-state index in [0.29, 0.717) is 18.3 Å². The average Bonchev–Trinajstić information content (AvgIpc) is 2.85. The largest absolute Gasteiger partial charge is 0.493 e. The Bertz CT molecular complexity index is 1010. The van der Waals surface area contributed by atoms with Gasteiger partial charge in [-0.2, -0.15) is 5.26 Å². The van der Waals surface area contributed by atoms with E-state index in [0.717, 1.165) is 24.8 Å². The van der Waals surface area contributed by atoms with Crippen molar-refractivity contribution in [2.24, 2.45) is 11.8 Å². The van der Waals surface area contributed by atoms with Gasteiger partial charge < -0.3 is 9.47 Å². The summed E-state index contributed by atoms with van der Waals surface area (Å²) >= 11 is 0. The minimum atomic E-state index is -0.943. The van der Waals surface area contributed by atoms with Crippen molar-refractivity contribution in [3.63, 3.8) is 0 Å². The summed E-state index contributed by atoms with van der Waals surface area (Å²) < 4.78 is 39.1. The molecular weight excluding hydrogens is 448 g/mol. The Balaban J connectivity index is 1.40. The summed E-state index contributed by atoms with van der Waals surface area (Å²) in [5.41, 5.74) is -0.430. The second-order valence-electron chi connectivity index (χ2n) is 9.54. The highest BCUT2D eigenvalue weighted by atomic mass is 19.1. The minimum Gasteiger partial charge on any atom is -0.493 e. The van der Waals surface area contributed by atoms with Crippen LogP contribution < -0.4 is 9.47 Å². The number of esters is 1. The zero-order valence-corrected chi connectivity index (χ0v) is 20.5. The van der Waals surface area contributed by atoms with Crippen LogP contribution in [-0.2, 0) is 0 Å². The highest BCUT2D eigenvalue weighted by Crippen LogP contribution is 2.33. The molecule has 0 N–H and O–H groups in total. The van der Waals surface area contributed by atoms with Crippen molar-refractivity contribution in [3.05, 3.63) is 59.2 Å². The molecule has 4 nitrogen and oxygen atoms in total. The van der Waals surface area contributed by atoms with Crippen LogP contribution in [-0.4, -0.2) is 12.6 Å². The Morgan fingerprint density at radius 2 is 1.57 bits per heavy atom. The molecule has 35 heavy (non-hydrogen) atoms. The molecule has 0 aliphatic heterocycles. The van der Waals surface area contributed by atoms with Crippen LogP contribution in [0.4, 0.5) is 8.78 Å². The fourth-order valence-corrected chi connectivity index (χ4v) is 4.68. The lowest BCUT2D eigenvalue weighted by Crippen LogP contribution is -2.20. The molecule has 0 heterocycles. The first-order valence-corrected chi connectivity index (χ1v) is 12.8. The van der Waals surface area contributed by atoms with E-state index in [2.05, 4.69) is 6.92 Å². The topological polar surface area (TPSA) is 59.3 Å². The number of ether oxygens (including phenoxy) is 2. The summed E-state index contributed by atoms with van der Waals surface area (Å²) in [5.74, 6) is -0.944. The Kier molecular flexibility index (Phi) is 10.5. The molecule has 3 rings (SSSR count). The number of rotatable bonds is 12. The van der Waals surface area contributed by atoms with Gasteiger partial charge in [0.15, 0.2) is 0 Å². The van der Waals surface area contributed by atoms with E-state index in [-0.39, 0.29) is 16.9 Å². The fourth-order valence-electron chi connectivity index (χ4n) is 4.68. The van der Waals surface area contributed by atoms with Gasteiger partial charge in [0.2, 0.25) is 0 Å². The second kappa shape index (κ2) is 13.8. The normalized spacial score (nSPS) is 17.5. The molecule has 0 aromatic heterocycles. The molecule has 0 unspecified atom stereocenters. The molecule has 0 atom stereocenters. The number of carbonyl (C=O) groups excluding carboxylic acids is 1. The first kappa shape index (κ1) is 26.7.